The standard InChI is InChI=1S/C16H23N3/c1-12(13-7-3-2-4-8-13)17-11-16-18-14-9-5-6-10-15(14)19-16/h5-6,9-10,12-13,17H,2-4,7-8,11H2,1H3,(H,18,19). The van der Waals surface area contributed by atoms with Gasteiger partial charge < -0.3 is 10.3 Å². The van der Waals surface area contributed by atoms with Crippen molar-refractivity contribution in [1.82, 2.24) is 15.3 Å². The van der Waals surface area contributed by atoms with Gasteiger partial charge in [-0.05, 0) is 37.8 Å². The molecule has 0 amide bonds. The molecule has 102 valence electrons. The number of rotatable bonds is 4. The molecule has 0 spiro atoms. The Morgan fingerprint density at radius 1 is 1.26 bits per heavy atom. The van der Waals surface area contributed by atoms with Crippen LogP contribution in [0.2, 0.25) is 0 Å². The van der Waals surface area contributed by atoms with Crippen molar-refractivity contribution in [2.75, 3.05) is 0 Å². The number of aromatic amines is 1. The van der Waals surface area contributed by atoms with Crippen LogP contribution in [0.1, 0.15) is 44.9 Å². The van der Waals surface area contributed by atoms with E-state index in [0.29, 0.717) is 6.04 Å². The van der Waals surface area contributed by atoms with Crippen molar-refractivity contribution in [3.8, 4) is 0 Å². The van der Waals surface area contributed by atoms with E-state index in [9.17, 15) is 0 Å². The van der Waals surface area contributed by atoms with Gasteiger partial charge in [0.2, 0.25) is 0 Å². The van der Waals surface area contributed by atoms with Gasteiger partial charge in [0.05, 0.1) is 17.6 Å². The summed E-state index contributed by atoms with van der Waals surface area (Å²) in [7, 11) is 0. The normalized spacial score (nSPS) is 18.8. The van der Waals surface area contributed by atoms with Gasteiger partial charge >= 0.3 is 0 Å². The van der Waals surface area contributed by atoms with Crippen LogP contribution in [-0.4, -0.2) is 16.0 Å². The molecule has 0 radical (unpaired) electrons. The molecule has 1 aliphatic carbocycles. The summed E-state index contributed by atoms with van der Waals surface area (Å²) >= 11 is 0. The lowest BCUT2D eigenvalue weighted by Gasteiger charge is -2.28. The van der Waals surface area contributed by atoms with Crippen molar-refractivity contribution in [3.05, 3.63) is 30.1 Å². The van der Waals surface area contributed by atoms with Gasteiger partial charge in [0.15, 0.2) is 0 Å². The summed E-state index contributed by atoms with van der Waals surface area (Å²) in [6, 6.07) is 8.80. The van der Waals surface area contributed by atoms with Crippen molar-refractivity contribution in [2.45, 2.75) is 51.6 Å². The lowest BCUT2D eigenvalue weighted by atomic mass is 9.84. The zero-order chi connectivity index (χ0) is 13.1. The lowest BCUT2D eigenvalue weighted by molar-refractivity contribution is 0.279. The number of para-hydroxylation sites is 2. The van der Waals surface area contributed by atoms with E-state index in [0.717, 1.165) is 29.3 Å². The van der Waals surface area contributed by atoms with Crippen molar-refractivity contribution in [3.63, 3.8) is 0 Å². The van der Waals surface area contributed by atoms with E-state index in [1.165, 1.54) is 32.1 Å². The maximum absolute atomic E-state index is 4.61. The van der Waals surface area contributed by atoms with Gasteiger partial charge in [0.25, 0.3) is 0 Å². The zero-order valence-electron chi connectivity index (χ0n) is 11.7. The Bertz CT molecular complexity index is 493. The van der Waals surface area contributed by atoms with E-state index in [1.807, 2.05) is 12.1 Å². The van der Waals surface area contributed by atoms with Crippen molar-refractivity contribution in [2.24, 2.45) is 5.92 Å². The first-order valence-electron chi connectivity index (χ1n) is 7.50. The molecule has 3 rings (SSSR count). The highest BCUT2D eigenvalue weighted by molar-refractivity contribution is 5.74. The minimum atomic E-state index is 0.591. The quantitative estimate of drug-likeness (QED) is 0.878. The first kappa shape index (κ1) is 12.7. The van der Waals surface area contributed by atoms with Crippen molar-refractivity contribution < 1.29 is 0 Å². The molecule has 2 N–H and O–H groups in total. The molecule has 1 unspecified atom stereocenters. The molecule has 2 aromatic rings. The molecule has 1 aromatic carbocycles. The van der Waals surface area contributed by atoms with Gasteiger partial charge in [-0.25, -0.2) is 4.98 Å². The average molecular weight is 257 g/mol. The molecule has 1 heterocycles. The molecule has 1 fully saturated rings. The molecule has 0 bridgehead atoms. The van der Waals surface area contributed by atoms with Gasteiger partial charge in [-0.3, -0.25) is 0 Å². The zero-order valence-corrected chi connectivity index (χ0v) is 11.7. The molecule has 1 aliphatic rings. The summed E-state index contributed by atoms with van der Waals surface area (Å²) in [5, 5.41) is 3.64. The fourth-order valence-corrected chi connectivity index (χ4v) is 3.15. The Morgan fingerprint density at radius 3 is 2.84 bits per heavy atom. The minimum Gasteiger partial charge on any atom is -0.341 e. The van der Waals surface area contributed by atoms with Crippen LogP contribution >= 0.6 is 0 Å². The largest absolute Gasteiger partial charge is 0.341 e. The lowest BCUT2D eigenvalue weighted by Crippen LogP contribution is -2.34. The number of fused-ring (bicyclic) bond motifs is 1. The fourth-order valence-electron chi connectivity index (χ4n) is 3.15. The summed E-state index contributed by atoms with van der Waals surface area (Å²) < 4.78 is 0. The van der Waals surface area contributed by atoms with E-state index < -0.39 is 0 Å². The first-order chi connectivity index (χ1) is 9.33. The third kappa shape index (κ3) is 2.98. The second-order valence-electron chi connectivity index (χ2n) is 5.77. The van der Waals surface area contributed by atoms with Crippen LogP contribution in [0, 0.1) is 5.92 Å². The van der Waals surface area contributed by atoms with Crippen LogP contribution in [0.4, 0.5) is 0 Å². The summed E-state index contributed by atoms with van der Waals surface area (Å²) in [5.41, 5.74) is 2.19. The summed E-state index contributed by atoms with van der Waals surface area (Å²) in [6.45, 7) is 3.16. The van der Waals surface area contributed by atoms with Gasteiger partial charge in [-0.15, -0.1) is 0 Å². The van der Waals surface area contributed by atoms with E-state index >= 15 is 0 Å². The molecule has 0 aliphatic heterocycles. The molecule has 3 nitrogen and oxygen atoms in total. The Kier molecular flexibility index (Phi) is 3.83. The Labute approximate surface area is 114 Å². The third-order valence-corrected chi connectivity index (χ3v) is 4.39. The molecule has 1 atom stereocenters. The topological polar surface area (TPSA) is 40.7 Å². The van der Waals surface area contributed by atoms with E-state index in [2.05, 4.69) is 34.3 Å². The number of benzene rings is 1. The molecular formula is C16H23N3. The number of hydrogen-bond donors (Lipinski definition) is 2. The SMILES string of the molecule is CC(NCc1nc2ccccc2[nH]1)C1CCCCC1. The monoisotopic (exact) mass is 257 g/mol. The summed E-state index contributed by atoms with van der Waals surface area (Å²) in [6.07, 6.45) is 7.00. The maximum atomic E-state index is 4.61. The highest BCUT2D eigenvalue weighted by Crippen LogP contribution is 2.26. The van der Waals surface area contributed by atoms with Gasteiger partial charge in [-0.2, -0.15) is 0 Å². The number of nitrogens with zero attached hydrogens (tertiary/aromatic N) is 1. The number of imidazole rings is 1. The Morgan fingerprint density at radius 2 is 2.05 bits per heavy atom. The molecule has 3 heteroatoms. The minimum absolute atomic E-state index is 0.591. The summed E-state index contributed by atoms with van der Waals surface area (Å²) in [5.74, 6) is 1.89. The number of hydrogen-bond acceptors (Lipinski definition) is 2. The smallest absolute Gasteiger partial charge is 0.121 e. The van der Waals surface area contributed by atoms with E-state index in [-0.39, 0.29) is 0 Å². The van der Waals surface area contributed by atoms with Crippen molar-refractivity contribution in [1.29, 1.82) is 0 Å². The van der Waals surface area contributed by atoms with Gasteiger partial charge in [-0.1, -0.05) is 31.4 Å². The van der Waals surface area contributed by atoms with E-state index in [4.69, 9.17) is 0 Å². The predicted octanol–water partition coefficient (Wildman–Crippen LogP) is 3.62. The highest BCUT2D eigenvalue weighted by atomic mass is 15.0. The third-order valence-electron chi connectivity index (χ3n) is 4.39. The highest BCUT2D eigenvalue weighted by Gasteiger charge is 2.19. The average Bonchev–Trinajstić information content (AvgIpc) is 2.88. The van der Waals surface area contributed by atoms with Crippen LogP contribution in [0.15, 0.2) is 24.3 Å². The first-order valence-corrected chi connectivity index (χ1v) is 7.50. The van der Waals surface area contributed by atoms with Crippen LogP contribution in [0.3, 0.4) is 0 Å². The second-order valence-corrected chi connectivity index (χ2v) is 5.77. The van der Waals surface area contributed by atoms with Gasteiger partial charge in [0, 0.05) is 6.04 Å². The number of nitrogens with one attached hydrogen (secondary N) is 2. The Balaban J connectivity index is 1.58. The van der Waals surface area contributed by atoms with Crippen LogP contribution < -0.4 is 5.32 Å². The molecule has 0 saturated heterocycles. The van der Waals surface area contributed by atoms with E-state index in [1.54, 1.807) is 0 Å². The fraction of sp³-hybridized carbons (Fsp3) is 0.562. The van der Waals surface area contributed by atoms with Crippen LogP contribution in [0.5, 0.6) is 0 Å². The van der Waals surface area contributed by atoms with Crippen LogP contribution in [-0.2, 0) is 6.54 Å². The maximum Gasteiger partial charge on any atom is 0.121 e. The van der Waals surface area contributed by atoms with Crippen molar-refractivity contribution >= 4 is 11.0 Å². The number of H-pyrrole nitrogens is 1. The molecular weight excluding hydrogens is 234 g/mol. The molecule has 1 aromatic heterocycles. The second kappa shape index (κ2) is 5.74. The van der Waals surface area contributed by atoms with Gasteiger partial charge in [0.1, 0.15) is 5.82 Å². The molecule has 19 heavy (non-hydrogen) atoms. The van der Waals surface area contributed by atoms with Crippen LogP contribution in [0.25, 0.3) is 11.0 Å². The number of aromatic nitrogens is 2. The summed E-state index contributed by atoms with van der Waals surface area (Å²) in [4.78, 5) is 7.99. The predicted molar refractivity (Wildman–Crippen MR) is 79.0 cm³/mol. The molecule has 1 saturated carbocycles. The Hall–Kier alpha value is -1.35.